The van der Waals surface area contributed by atoms with Crippen LogP contribution in [0.5, 0.6) is 0 Å². The molecular weight excluding hydrogens is 168 g/mol. The second-order valence-electron chi connectivity index (χ2n) is 1.61. The fraction of sp³-hybridized carbons (Fsp3) is 0.833. The molecular formula is C6H12O6. The van der Waals surface area contributed by atoms with Crippen molar-refractivity contribution >= 4 is 6.26 Å². The second kappa shape index (κ2) is 5.18. The average Bonchev–Trinajstić information content (AvgIpc) is 2.14. The fourth-order valence-corrected chi connectivity index (χ4v) is 0.326. The van der Waals surface area contributed by atoms with Crippen LogP contribution in [0.25, 0.3) is 0 Å². The minimum absolute atomic E-state index is 2.37. The molecule has 6 heteroatoms. The molecule has 0 saturated heterocycles. The first-order chi connectivity index (χ1) is 7.94. The highest BCUT2D eigenvalue weighted by molar-refractivity contribution is 5.56. The molecule has 0 aromatic rings. The maximum absolute atomic E-state index is 10.6. The van der Waals surface area contributed by atoms with Gasteiger partial charge in [0.15, 0.2) is 6.26 Å². The van der Waals surface area contributed by atoms with Crippen molar-refractivity contribution in [3.8, 4) is 0 Å². The number of aldehydes is 1. The number of carbonyl (C=O) groups is 1. The van der Waals surface area contributed by atoms with Gasteiger partial charge in [0.2, 0.25) is 0 Å². The molecule has 6 nitrogen and oxygen atoms in total. The minimum atomic E-state index is -4.47. The number of aliphatic hydroxyl groups is 5. The number of carbonyl (C=O) groups excluding carboxylic acids is 1. The summed E-state index contributed by atoms with van der Waals surface area (Å²) < 4.78 is 47.4. The Morgan fingerprint density at radius 1 is 1.42 bits per heavy atom. The molecule has 0 amide bonds. The summed E-state index contributed by atoms with van der Waals surface area (Å²) in [7, 11) is 0. The molecule has 0 aromatic carbocycles. The van der Waals surface area contributed by atoms with E-state index in [4.69, 9.17) is 19.8 Å². The van der Waals surface area contributed by atoms with Crippen molar-refractivity contribution in [3.05, 3.63) is 0 Å². The van der Waals surface area contributed by atoms with E-state index in [9.17, 15) is 20.1 Å². The quantitative estimate of drug-likeness (QED) is 0.287. The number of hydrogen-bond acceptors (Lipinski definition) is 6. The smallest absolute Gasteiger partial charge is 0.151 e. The molecule has 5 N–H and O–H groups in total. The van der Waals surface area contributed by atoms with E-state index in [2.05, 4.69) is 0 Å². The van der Waals surface area contributed by atoms with Gasteiger partial charge in [-0.15, -0.1) is 0 Å². The summed E-state index contributed by atoms with van der Waals surface area (Å²) in [5.74, 6) is 0. The van der Waals surface area contributed by atoms with Gasteiger partial charge in [-0.05, 0) is 0 Å². The van der Waals surface area contributed by atoms with Crippen LogP contribution in [0.3, 0.4) is 0 Å². The van der Waals surface area contributed by atoms with Crippen LogP contribution in [-0.2, 0) is 4.79 Å². The minimum Gasteiger partial charge on any atom is -0.394 e. The second-order valence-corrected chi connectivity index (χ2v) is 1.61. The van der Waals surface area contributed by atoms with Gasteiger partial charge in [0.25, 0.3) is 0 Å². The van der Waals surface area contributed by atoms with Gasteiger partial charge in [-0.2, -0.15) is 0 Å². The first kappa shape index (κ1) is 4.12. The summed E-state index contributed by atoms with van der Waals surface area (Å²) in [6.45, 7) is -4.07. The van der Waals surface area contributed by atoms with E-state index in [0.717, 1.165) is 0 Å². The lowest BCUT2D eigenvalue weighted by Crippen LogP contribution is -2.46. The number of rotatable bonds is 5. The van der Waals surface area contributed by atoms with Crippen LogP contribution in [0.15, 0.2) is 0 Å². The maximum atomic E-state index is 10.6. The Morgan fingerprint density at radius 2 is 1.92 bits per heavy atom. The molecule has 0 radical (unpaired) electrons. The summed E-state index contributed by atoms with van der Waals surface area (Å²) >= 11 is 0. The highest BCUT2D eigenvalue weighted by atomic mass is 16.4. The van der Waals surface area contributed by atoms with E-state index < -0.39 is 37.1 Å². The van der Waals surface area contributed by atoms with Crippen molar-refractivity contribution in [2.24, 2.45) is 0 Å². The molecule has 72 valence electrons. The Kier molecular flexibility index (Phi) is 1.78. The molecule has 0 rings (SSSR count). The van der Waals surface area contributed by atoms with Gasteiger partial charge in [0, 0.05) is 0 Å². The van der Waals surface area contributed by atoms with E-state index in [1.165, 1.54) is 0 Å². The SMILES string of the molecule is [2H]C(=O)[C@]([2H])(O)[C@@]([2H])(O)[C@]([2H])(O)[C@]([2H])(O)C([2H])([2H])O. The van der Waals surface area contributed by atoms with Gasteiger partial charge in [0.1, 0.15) is 25.7 Å². The fourth-order valence-electron chi connectivity index (χ4n) is 0.326. The van der Waals surface area contributed by atoms with Crippen molar-refractivity contribution in [1.82, 2.24) is 0 Å². The first-order valence-electron chi connectivity index (χ1n) is 6.07. The van der Waals surface area contributed by atoms with Crippen molar-refractivity contribution in [2.45, 2.75) is 24.3 Å². The van der Waals surface area contributed by atoms with Crippen LogP contribution in [0, 0.1) is 0 Å². The average molecular weight is 187 g/mol. The van der Waals surface area contributed by atoms with Crippen molar-refractivity contribution in [2.75, 3.05) is 6.56 Å². The van der Waals surface area contributed by atoms with Crippen LogP contribution in [0.2, 0.25) is 0 Å². The highest BCUT2D eigenvalue weighted by Crippen LogP contribution is 2.02. The molecule has 0 spiro atoms. The van der Waals surface area contributed by atoms with E-state index in [0.29, 0.717) is 0 Å². The molecule has 12 heavy (non-hydrogen) atoms. The summed E-state index contributed by atoms with van der Waals surface area (Å²) in [6.07, 6.45) is -19.8. The normalized spacial score (nSPS) is 41.2. The monoisotopic (exact) mass is 187 g/mol. The van der Waals surface area contributed by atoms with Gasteiger partial charge in [0.05, 0.1) is 14.8 Å². The van der Waals surface area contributed by atoms with Crippen LogP contribution in [0.4, 0.5) is 0 Å². The molecule has 0 saturated carbocycles. The van der Waals surface area contributed by atoms with Crippen LogP contribution >= 0.6 is 0 Å². The zero-order valence-corrected chi connectivity index (χ0v) is 5.64. The van der Waals surface area contributed by atoms with E-state index in [1.807, 2.05) is 0 Å². The molecule has 0 fully saturated rings. The summed E-state index contributed by atoms with van der Waals surface area (Å²) in [4.78, 5) is 10.6. The van der Waals surface area contributed by atoms with Crippen LogP contribution in [-0.4, -0.2) is 62.7 Å². The zero-order valence-electron chi connectivity index (χ0n) is 12.6. The summed E-state index contributed by atoms with van der Waals surface area (Å²) in [5.41, 5.74) is 0. The Hall–Kier alpha value is -0.530. The Balaban J connectivity index is 5.99. The highest BCUT2D eigenvalue weighted by Gasteiger charge is 2.29. The number of hydrogen-bond donors (Lipinski definition) is 5. The molecule has 4 atom stereocenters. The predicted octanol–water partition coefficient (Wildman–Crippen LogP) is -3.38. The topological polar surface area (TPSA) is 118 Å². The molecule has 0 unspecified atom stereocenters. The van der Waals surface area contributed by atoms with Crippen molar-refractivity contribution in [1.29, 1.82) is 0 Å². The van der Waals surface area contributed by atoms with Gasteiger partial charge in [-0.3, -0.25) is 0 Å². The third kappa shape index (κ3) is 2.84. The lowest BCUT2D eigenvalue weighted by molar-refractivity contribution is -0.136. The molecule has 0 aromatic heterocycles. The van der Waals surface area contributed by atoms with E-state index in [-0.39, 0.29) is 0 Å². The maximum Gasteiger partial charge on any atom is 0.151 e. The molecule has 0 bridgehead atoms. The van der Waals surface area contributed by atoms with Crippen LogP contribution in [0.1, 0.15) is 9.60 Å². The lowest BCUT2D eigenvalue weighted by atomic mass is 10.0. The predicted molar refractivity (Wildman–Crippen MR) is 37.2 cm³/mol. The molecule has 0 aliphatic rings. The zero-order chi connectivity index (χ0) is 16.1. The first-order valence-corrected chi connectivity index (χ1v) is 2.57. The third-order valence-electron chi connectivity index (χ3n) is 0.875. The van der Waals surface area contributed by atoms with Crippen LogP contribution < -0.4 is 0 Å². The Morgan fingerprint density at radius 3 is 2.25 bits per heavy atom. The Labute approximate surface area is 78.5 Å². The molecule has 0 heterocycles. The third-order valence-corrected chi connectivity index (χ3v) is 0.875. The van der Waals surface area contributed by atoms with Crippen molar-refractivity contribution < 1.29 is 39.9 Å². The summed E-state index contributed by atoms with van der Waals surface area (Å²) in [5, 5.41) is 45.8. The Bertz CT molecular complexity index is 373. The lowest BCUT2D eigenvalue weighted by Gasteiger charge is -2.22. The molecule has 0 aliphatic carbocycles. The van der Waals surface area contributed by atoms with E-state index >= 15 is 0 Å². The van der Waals surface area contributed by atoms with Gasteiger partial charge in [-0.1, -0.05) is 0 Å². The molecule has 0 aliphatic heterocycles. The van der Waals surface area contributed by atoms with Gasteiger partial charge < -0.3 is 30.3 Å². The van der Waals surface area contributed by atoms with Crippen molar-refractivity contribution in [3.63, 3.8) is 0 Å². The van der Waals surface area contributed by atoms with Gasteiger partial charge in [-0.25, -0.2) is 0 Å². The summed E-state index contributed by atoms with van der Waals surface area (Å²) in [6, 6.07) is 0. The standard InChI is InChI=1S/C6H12O6/c7-1-3(9)5(11)6(12)4(10)2-8/h1,3-6,8-12H,2H2/t3-,4+,5+,6+/m0/s1/i1D,2D2,3D,4D,5D,6D. The largest absolute Gasteiger partial charge is 0.394 e. The van der Waals surface area contributed by atoms with E-state index in [1.54, 1.807) is 0 Å². The van der Waals surface area contributed by atoms with Gasteiger partial charge >= 0.3 is 0 Å².